The van der Waals surface area contributed by atoms with E-state index in [1.165, 1.54) is 0 Å². The highest BCUT2D eigenvalue weighted by Gasteiger charge is 2.18. The Morgan fingerprint density at radius 3 is 2.58 bits per heavy atom. The molecule has 6 nitrogen and oxygen atoms in total. The van der Waals surface area contributed by atoms with Gasteiger partial charge in [-0.1, -0.05) is 41.6 Å². The average Bonchev–Trinajstić information content (AvgIpc) is 3.13. The second-order valence-electron chi connectivity index (χ2n) is 6.04. The van der Waals surface area contributed by atoms with Crippen LogP contribution in [0.5, 0.6) is 11.5 Å². The van der Waals surface area contributed by atoms with E-state index >= 15 is 0 Å². The largest absolute Gasteiger partial charge is 0.496 e. The molecular formula is C20H23N3O3. The van der Waals surface area contributed by atoms with Crippen LogP contribution in [0, 0.1) is 0 Å². The fraction of sp³-hybridized carbons (Fsp3) is 0.300. The number of hydrogen-bond donors (Lipinski definition) is 0. The van der Waals surface area contributed by atoms with Crippen molar-refractivity contribution in [2.45, 2.75) is 26.1 Å². The highest BCUT2D eigenvalue weighted by molar-refractivity contribution is 5.35. The second-order valence-corrected chi connectivity index (χ2v) is 6.04. The van der Waals surface area contributed by atoms with Crippen LogP contribution < -0.4 is 9.47 Å². The summed E-state index contributed by atoms with van der Waals surface area (Å²) in [5.74, 6) is 2.73. The first-order valence-electron chi connectivity index (χ1n) is 8.50. The molecule has 0 aliphatic carbocycles. The van der Waals surface area contributed by atoms with E-state index in [9.17, 15) is 0 Å². The normalized spacial score (nSPS) is 12.2. The number of ether oxygens (including phenoxy) is 2. The highest BCUT2D eigenvalue weighted by Crippen LogP contribution is 2.28. The molecule has 0 fully saturated rings. The molecular weight excluding hydrogens is 330 g/mol. The van der Waals surface area contributed by atoms with E-state index < -0.39 is 0 Å². The van der Waals surface area contributed by atoms with Crippen molar-refractivity contribution in [1.29, 1.82) is 0 Å². The Morgan fingerprint density at radius 2 is 1.81 bits per heavy atom. The zero-order valence-electron chi connectivity index (χ0n) is 15.3. The fourth-order valence-corrected chi connectivity index (χ4v) is 2.68. The summed E-state index contributed by atoms with van der Waals surface area (Å²) in [6, 6.07) is 17.7. The highest BCUT2D eigenvalue weighted by atomic mass is 16.5. The molecule has 3 rings (SSSR count). The summed E-state index contributed by atoms with van der Waals surface area (Å²) >= 11 is 0. The van der Waals surface area contributed by atoms with Crippen molar-refractivity contribution in [3.8, 4) is 11.5 Å². The van der Waals surface area contributed by atoms with Gasteiger partial charge in [-0.15, -0.1) is 0 Å². The van der Waals surface area contributed by atoms with E-state index in [0.717, 1.165) is 17.1 Å². The summed E-state index contributed by atoms with van der Waals surface area (Å²) in [4.78, 5) is 6.54. The maximum absolute atomic E-state index is 5.64. The topological polar surface area (TPSA) is 60.6 Å². The number of rotatable bonds is 8. The molecule has 3 aromatic rings. The van der Waals surface area contributed by atoms with Crippen molar-refractivity contribution in [3.05, 3.63) is 71.9 Å². The predicted octanol–water partition coefficient (Wildman–Crippen LogP) is 3.85. The molecule has 6 heteroatoms. The van der Waals surface area contributed by atoms with Crippen molar-refractivity contribution in [2.24, 2.45) is 0 Å². The van der Waals surface area contributed by atoms with Crippen LogP contribution in [-0.2, 0) is 13.2 Å². The van der Waals surface area contributed by atoms with E-state index in [4.69, 9.17) is 14.0 Å². The van der Waals surface area contributed by atoms with Crippen molar-refractivity contribution in [1.82, 2.24) is 15.0 Å². The smallest absolute Gasteiger partial charge is 0.240 e. The van der Waals surface area contributed by atoms with Gasteiger partial charge in [0.2, 0.25) is 11.7 Å². The van der Waals surface area contributed by atoms with Crippen LogP contribution in [-0.4, -0.2) is 29.2 Å². The molecule has 0 saturated heterocycles. The van der Waals surface area contributed by atoms with E-state index in [1.54, 1.807) is 7.11 Å². The van der Waals surface area contributed by atoms with E-state index in [2.05, 4.69) is 28.0 Å². The molecule has 1 atom stereocenters. The Labute approximate surface area is 153 Å². The standard InChI is InChI=1S/C20H23N3O3/c1-15(17-11-7-8-12-18(17)24-3)23(2)13-20-21-19(22-26-20)14-25-16-9-5-4-6-10-16/h4-12,15H,13-14H2,1-3H3. The van der Waals surface area contributed by atoms with Gasteiger partial charge in [0.1, 0.15) is 11.5 Å². The number of aromatic nitrogens is 2. The lowest BCUT2D eigenvalue weighted by Gasteiger charge is -2.24. The van der Waals surface area contributed by atoms with Crippen LogP contribution in [0.4, 0.5) is 0 Å². The SMILES string of the molecule is COc1ccccc1C(C)N(C)Cc1nc(COc2ccccc2)no1. The molecule has 0 aliphatic rings. The third-order valence-electron chi connectivity index (χ3n) is 4.26. The van der Waals surface area contributed by atoms with E-state index in [0.29, 0.717) is 18.3 Å². The first kappa shape index (κ1) is 17.9. The van der Waals surface area contributed by atoms with E-state index in [1.807, 2.05) is 55.6 Å². The lowest BCUT2D eigenvalue weighted by Crippen LogP contribution is -2.22. The molecule has 0 aliphatic heterocycles. The van der Waals surface area contributed by atoms with Gasteiger partial charge >= 0.3 is 0 Å². The quantitative estimate of drug-likeness (QED) is 0.613. The van der Waals surface area contributed by atoms with Crippen LogP contribution >= 0.6 is 0 Å². The molecule has 1 aromatic heterocycles. The molecule has 1 heterocycles. The maximum Gasteiger partial charge on any atom is 0.240 e. The van der Waals surface area contributed by atoms with Gasteiger partial charge in [-0.3, -0.25) is 4.90 Å². The molecule has 0 saturated carbocycles. The lowest BCUT2D eigenvalue weighted by molar-refractivity contribution is 0.212. The number of para-hydroxylation sites is 2. The van der Waals surface area contributed by atoms with Crippen molar-refractivity contribution in [2.75, 3.05) is 14.2 Å². The Hall–Kier alpha value is -2.86. The molecule has 0 amide bonds. The fourth-order valence-electron chi connectivity index (χ4n) is 2.68. The van der Waals surface area contributed by atoms with Gasteiger partial charge in [-0.05, 0) is 32.2 Å². The molecule has 0 N–H and O–H groups in total. The third kappa shape index (κ3) is 4.40. The number of nitrogens with zero attached hydrogens (tertiary/aromatic N) is 3. The van der Waals surface area contributed by atoms with Crippen LogP contribution in [0.3, 0.4) is 0 Å². The third-order valence-corrected chi connectivity index (χ3v) is 4.26. The summed E-state index contributed by atoms with van der Waals surface area (Å²) in [5, 5.41) is 3.99. The molecule has 2 aromatic carbocycles. The second kappa shape index (κ2) is 8.49. The van der Waals surface area contributed by atoms with Gasteiger partial charge in [0.05, 0.1) is 13.7 Å². The van der Waals surface area contributed by atoms with Gasteiger partial charge in [0, 0.05) is 11.6 Å². The minimum atomic E-state index is 0.141. The minimum absolute atomic E-state index is 0.141. The van der Waals surface area contributed by atoms with Crippen LogP contribution in [0.1, 0.15) is 30.2 Å². The number of hydrogen-bond acceptors (Lipinski definition) is 6. The molecule has 0 spiro atoms. The lowest BCUT2D eigenvalue weighted by atomic mass is 10.1. The Kier molecular flexibility index (Phi) is 5.86. The first-order valence-corrected chi connectivity index (χ1v) is 8.50. The van der Waals surface area contributed by atoms with Crippen LogP contribution in [0.15, 0.2) is 59.1 Å². The molecule has 0 bridgehead atoms. The summed E-state index contributed by atoms with van der Waals surface area (Å²) in [7, 11) is 3.70. The summed E-state index contributed by atoms with van der Waals surface area (Å²) in [6.07, 6.45) is 0. The monoisotopic (exact) mass is 353 g/mol. The minimum Gasteiger partial charge on any atom is -0.496 e. The van der Waals surface area contributed by atoms with Gasteiger partial charge in [-0.25, -0.2) is 0 Å². The van der Waals surface area contributed by atoms with Gasteiger partial charge in [-0.2, -0.15) is 4.98 Å². The van der Waals surface area contributed by atoms with Crippen LogP contribution in [0.2, 0.25) is 0 Å². The molecule has 26 heavy (non-hydrogen) atoms. The van der Waals surface area contributed by atoms with Gasteiger partial charge < -0.3 is 14.0 Å². The van der Waals surface area contributed by atoms with Crippen molar-refractivity contribution in [3.63, 3.8) is 0 Å². The summed E-state index contributed by atoms with van der Waals surface area (Å²) in [6.45, 7) is 2.94. The molecule has 1 unspecified atom stereocenters. The summed E-state index contributed by atoms with van der Waals surface area (Å²) in [5.41, 5.74) is 1.12. The van der Waals surface area contributed by atoms with Crippen molar-refractivity contribution >= 4 is 0 Å². The summed E-state index contributed by atoms with van der Waals surface area (Å²) < 4.78 is 16.4. The Bertz CT molecular complexity index is 820. The predicted molar refractivity (Wildman–Crippen MR) is 97.9 cm³/mol. The zero-order chi connectivity index (χ0) is 18.4. The average molecular weight is 353 g/mol. The van der Waals surface area contributed by atoms with Crippen LogP contribution in [0.25, 0.3) is 0 Å². The molecule has 0 radical (unpaired) electrons. The zero-order valence-corrected chi connectivity index (χ0v) is 15.3. The number of methoxy groups -OCH3 is 1. The Balaban J connectivity index is 1.59. The number of benzene rings is 2. The molecule has 136 valence electrons. The maximum atomic E-state index is 5.64. The van der Waals surface area contributed by atoms with Crippen molar-refractivity contribution < 1.29 is 14.0 Å². The van der Waals surface area contributed by atoms with E-state index in [-0.39, 0.29) is 12.6 Å². The van der Waals surface area contributed by atoms with Gasteiger partial charge in [0.25, 0.3) is 0 Å². The first-order chi connectivity index (χ1) is 12.7. The Morgan fingerprint density at radius 1 is 1.08 bits per heavy atom. The van der Waals surface area contributed by atoms with Gasteiger partial charge in [0.15, 0.2) is 6.61 Å².